The quantitative estimate of drug-likeness (QED) is 0.147. The zero-order valence-electron chi connectivity index (χ0n) is 26.3. The van der Waals surface area contributed by atoms with Crippen molar-refractivity contribution < 1.29 is 22.5 Å². The standard InChI is InChI=1S/C31H37N7O2.CH4O3S/c1-6-30(39)33-25-17-26(29(40-20-21-11-12-21)18-28(25)37(4)16-15-36(2)3)35-31-32-14-13-24(34-31)23-19-38(5)27-10-8-7-9-22(23)27;1-5(2,3)4/h6-10,13-14,17-19,21H,1,11-12,15-16,20H2,2-5H3,(H,33,39)(H,32,34,35);1H3,(H,2,3,4). The number of ether oxygens (including phenoxy) is 1. The molecule has 1 aliphatic rings. The van der Waals surface area contributed by atoms with Gasteiger partial charge in [0.25, 0.3) is 10.1 Å². The molecule has 1 aliphatic carbocycles. The summed E-state index contributed by atoms with van der Waals surface area (Å²) in [7, 11) is 4.46. The summed E-state index contributed by atoms with van der Waals surface area (Å²) in [6, 6.07) is 14.0. The van der Waals surface area contributed by atoms with Crippen molar-refractivity contribution in [1.82, 2.24) is 19.4 Å². The van der Waals surface area contributed by atoms with Crippen molar-refractivity contribution in [2.45, 2.75) is 12.8 Å². The maximum atomic E-state index is 12.4. The summed E-state index contributed by atoms with van der Waals surface area (Å²) >= 11 is 0. The predicted octanol–water partition coefficient (Wildman–Crippen LogP) is 4.79. The number of fused-ring (bicyclic) bond motifs is 1. The van der Waals surface area contributed by atoms with Crippen molar-refractivity contribution in [2.75, 3.05) is 62.6 Å². The van der Waals surface area contributed by atoms with Crippen molar-refractivity contribution >= 4 is 49.9 Å². The minimum atomic E-state index is -3.67. The molecule has 0 unspecified atom stereocenters. The molecule has 0 aliphatic heterocycles. The third-order valence-corrected chi connectivity index (χ3v) is 7.08. The van der Waals surface area contributed by atoms with Gasteiger partial charge in [-0.3, -0.25) is 9.35 Å². The van der Waals surface area contributed by atoms with Crippen LogP contribution in [0.5, 0.6) is 5.75 Å². The highest BCUT2D eigenvalue weighted by atomic mass is 32.2. The number of nitrogens with zero attached hydrogens (tertiary/aromatic N) is 5. The maximum Gasteiger partial charge on any atom is 0.261 e. The van der Waals surface area contributed by atoms with Crippen molar-refractivity contribution in [3.05, 3.63) is 67.5 Å². The monoisotopic (exact) mass is 635 g/mol. The lowest BCUT2D eigenvalue weighted by molar-refractivity contribution is -0.111. The SMILES string of the molecule is C=CC(=O)Nc1cc(Nc2nccc(-c3cn(C)c4ccccc34)n2)c(OCC2CC2)cc1N(C)CCN(C)C.CS(=O)(=O)O. The molecule has 1 amide bonds. The highest BCUT2D eigenvalue weighted by Crippen LogP contribution is 2.40. The number of carbonyl (C=O) groups is 1. The molecule has 0 spiro atoms. The van der Waals surface area contributed by atoms with Gasteiger partial charge in [-0.2, -0.15) is 8.42 Å². The molecule has 45 heavy (non-hydrogen) atoms. The fourth-order valence-electron chi connectivity index (χ4n) is 4.58. The van der Waals surface area contributed by atoms with Crippen LogP contribution >= 0.6 is 0 Å². The largest absolute Gasteiger partial charge is 0.491 e. The minimum Gasteiger partial charge on any atom is -0.491 e. The van der Waals surface area contributed by atoms with Gasteiger partial charge in [0.1, 0.15) is 5.75 Å². The highest BCUT2D eigenvalue weighted by Gasteiger charge is 2.24. The molecule has 0 atom stereocenters. The van der Waals surface area contributed by atoms with E-state index >= 15 is 0 Å². The van der Waals surface area contributed by atoms with E-state index in [1.807, 2.05) is 58.5 Å². The van der Waals surface area contributed by atoms with Crippen LogP contribution in [0.25, 0.3) is 22.2 Å². The van der Waals surface area contributed by atoms with Crippen molar-refractivity contribution in [3.8, 4) is 17.0 Å². The number of hydrogen-bond donors (Lipinski definition) is 3. The van der Waals surface area contributed by atoms with Gasteiger partial charge in [-0.25, -0.2) is 9.97 Å². The lowest BCUT2D eigenvalue weighted by atomic mass is 10.1. The van der Waals surface area contributed by atoms with Gasteiger partial charge in [0, 0.05) is 62.1 Å². The molecule has 0 radical (unpaired) electrons. The predicted molar refractivity (Wildman–Crippen MR) is 180 cm³/mol. The zero-order valence-corrected chi connectivity index (χ0v) is 27.1. The third kappa shape index (κ3) is 9.76. The van der Waals surface area contributed by atoms with E-state index in [9.17, 15) is 13.2 Å². The topological polar surface area (TPSA) is 142 Å². The summed E-state index contributed by atoms with van der Waals surface area (Å²) in [5.74, 6) is 1.42. The minimum absolute atomic E-state index is 0.283. The molecule has 1 fully saturated rings. The first-order chi connectivity index (χ1) is 21.3. The average Bonchev–Trinajstić information content (AvgIpc) is 3.76. The first-order valence-electron chi connectivity index (χ1n) is 14.5. The van der Waals surface area contributed by atoms with Crippen LogP contribution < -0.4 is 20.3 Å². The van der Waals surface area contributed by atoms with Gasteiger partial charge in [-0.05, 0) is 57.1 Å². The number of nitrogens with one attached hydrogen (secondary N) is 2. The van der Waals surface area contributed by atoms with Gasteiger partial charge < -0.3 is 29.7 Å². The van der Waals surface area contributed by atoms with Gasteiger partial charge in [0.05, 0.1) is 35.6 Å². The molecule has 13 heteroatoms. The fourth-order valence-corrected chi connectivity index (χ4v) is 4.58. The van der Waals surface area contributed by atoms with Crippen LogP contribution in [0.4, 0.5) is 23.0 Å². The smallest absolute Gasteiger partial charge is 0.261 e. The Morgan fingerprint density at radius 2 is 1.87 bits per heavy atom. The van der Waals surface area contributed by atoms with E-state index < -0.39 is 10.1 Å². The molecule has 240 valence electrons. The molecule has 12 nitrogen and oxygen atoms in total. The Morgan fingerprint density at radius 3 is 2.53 bits per heavy atom. The van der Waals surface area contributed by atoms with Crippen LogP contribution in [0.3, 0.4) is 0 Å². The number of aryl methyl sites for hydroxylation is 1. The van der Waals surface area contributed by atoms with Gasteiger partial charge in [0.2, 0.25) is 11.9 Å². The molecular weight excluding hydrogens is 594 g/mol. The van der Waals surface area contributed by atoms with Crippen LogP contribution in [-0.2, 0) is 22.0 Å². The Labute approximate surface area is 264 Å². The molecule has 0 bridgehead atoms. The van der Waals surface area contributed by atoms with E-state index in [2.05, 4.69) is 54.9 Å². The molecular formula is C32H41N7O5S. The summed E-state index contributed by atoms with van der Waals surface area (Å²) in [6.45, 7) is 5.90. The Hall–Kier alpha value is -4.46. The summed E-state index contributed by atoms with van der Waals surface area (Å²) in [6.07, 6.45) is 8.19. The van der Waals surface area contributed by atoms with E-state index in [0.29, 0.717) is 41.9 Å². The summed E-state index contributed by atoms with van der Waals surface area (Å²) in [5, 5.41) is 7.47. The summed E-state index contributed by atoms with van der Waals surface area (Å²) < 4.78 is 34.3. The summed E-state index contributed by atoms with van der Waals surface area (Å²) in [4.78, 5) is 26.0. The van der Waals surface area contributed by atoms with Crippen LogP contribution in [0, 0.1) is 5.92 Å². The Kier molecular flexibility index (Phi) is 10.8. The van der Waals surface area contributed by atoms with E-state index in [-0.39, 0.29) is 5.91 Å². The van der Waals surface area contributed by atoms with Gasteiger partial charge in [-0.1, -0.05) is 24.8 Å². The van der Waals surface area contributed by atoms with E-state index in [1.54, 1.807) is 6.20 Å². The molecule has 1 saturated carbocycles. The molecule has 5 rings (SSSR count). The van der Waals surface area contributed by atoms with E-state index in [4.69, 9.17) is 14.3 Å². The highest BCUT2D eigenvalue weighted by molar-refractivity contribution is 7.85. The van der Waals surface area contributed by atoms with E-state index in [1.165, 1.54) is 18.9 Å². The number of likely N-dealkylation sites (N-methyl/N-ethyl adjacent to an activating group) is 2. The number of benzene rings is 2. The maximum absolute atomic E-state index is 12.4. The molecule has 4 aromatic rings. The molecule has 2 aromatic carbocycles. The summed E-state index contributed by atoms with van der Waals surface area (Å²) in [5.41, 5.74) is 5.18. The van der Waals surface area contributed by atoms with Crippen molar-refractivity contribution in [2.24, 2.45) is 13.0 Å². The normalized spacial score (nSPS) is 12.8. The van der Waals surface area contributed by atoms with Crippen molar-refractivity contribution in [1.29, 1.82) is 0 Å². The second kappa shape index (κ2) is 14.5. The van der Waals surface area contributed by atoms with Gasteiger partial charge in [-0.15, -0.1) is 0 Å². The Bertz CT molecular complexity index is 1760. The molecule has 3 N–H and O–H groups in total. The molecule has 2 aromatic heterocycles. The van der Waals surface area contributed by atoms with Crippen LogP contribution in [0.1, 0.15) is 12.8 Å². The lowest BCUT2D eigenvalue weighted by Gasteiger charge is -2.26. The number of anilines is 4. The first-order valence-corrected chi connectivity index (χ1v) is 16.3. The number of para-hydroxylation sites is 1. The Balaban J connectivity index is 0.000000854. The number of hydrogen-bond acceptors (Lipinski definition) is 9. The van der Waals surface area contributed by atoms with Crippen LogP contribution in [0.15, 0.2) is 67.5 Å². The Morgan fingerprint density at radius 1 is 1.16 bits per heavy atom. The van der Waals surface area contributed by atoms with Gasteiger partial charge >= 0.3 is 0 Å². The zero-order chi connectivity index (χ0) is 32.7. The first kappa shape index (κ1) is 33.4. The van der Waals surface area contributed by atoms with Crippen LogP contribution in [-0.4, -0.2) is 85.4 Å². The second-order valence-electron chi connectivity index (χ2n) is 11.3. The van der Waals surface area contributed by atoms with Crippen molar-refractivity contribution in [3.63, 3.8) is 0 Å². The number of carbonyl (C=O) groups excluding carboxylic acids is 1. The molecule has 2 heterocycles. The van der Waals surface area contributed by atoms with Crippen LogP contribution in [0.2, 0.25) is 0 Å². The second-order valence-corrected chi connectivity index (χ2v) is 12.8. The van der Waals surface area contributed by atoms with E-state index in [0.717, 1.165) is 40.9 Å². The average molecular weight is 636 g/mol. The number of rotatable bonds is 12. The third-order valence-electron chi connectivity index (χ3n) is 7.08. The van der Waals surface area contributed by atoms with Gasteiger partial charge in [0.15, 0.2) is 0 Å². The lowest BCUT2D eigenvalue weighted by Crippen LogP contribution is -2.29. The number of amides is 1. The number of aromatic nitrogens is 3. The molecule has 0 saturated heterocycles. The fraction of sp³-hybridized carbons (Fsp3) is 0.344.